The molecule has 36 heavy (non-hydrogen) atoms. The minimum Gasteiger partial charge on any atom is -0.493 e. The zero-order valence-corrected chi connectivity index (χ0v) is 21.6. The standard InChI is InChI=1S/C28H33NO6S/c1-3-33-26(30)15-34-24-13-18(4-6-23(24)32-2)22-7-5-21(35-22)14-25(36)28(31)29-27-19-9-16-8-17(11-19)12-20(27)10-16/h4-7,13-14,16-17,19-20,27,36H,3,8-12,15H2,1-2H3,(H,29,31)/b25-14-. The number of hydrogen-bond acceptors (Lipinski definition) is 7. The summed E-state index contributed by atoms with van der Waals surface area (Å²) in [7, 11) is 1.53. The molecule has 4 fully saturated rings. The normalized spacial score (nSPS) is 26.5. The van der Waals surface area contributed by atoms with Crippen LogP contribution < -0.4 is 14.8 Å². The van der Waals surface area contributed by atoms with Gasteiger partial charge in [0.05, 0.1) is 18.6 Å². The maximum Gasteiger partial charge on any atom is 0.344 e. The van der Waals surface area contributed by atoms with Gasteiger partial charge in [0.25, 0.3) is 5.91 Å². The Bertz CT molecular complexity index is 1130. The number of hydrogen-bond donors (Lipinski definition) is 2. The molecule has 1 amide bonds. The van der Waals surface area contributed by atoms with E-state index < -0.39 is 5.97 Å². The summed E-state index contributed by atoms with van der Waals surface area (Å²) < 4.78 is 21.8. The number of ether oxygens (including phenoxy) is 3. The van der Waals surface area contributed by atoms with E-state index in [1.807, 2.05) is 12.1 Å². The Morgan fingerprint density at radius 2 is 1.78 bits per heavy atom. The van der Waals surface area contributed by atoms with Crippen molar-refractivity contribution in [1.82, 2.24) is 5.32 Å². The number of carbonyl (C=O) groups excluding carboxylic acids is 2. The highest BCUT2D eigenvalue weighted by atomic mass is 32.1. The number of methoxy groups -OCH3 is 1. The summed E-state index contributed by atoms with van der Waals surface area (Å²) in [5.74, 6) is 4.36. The van der Waals surface area contributed by atoms with E-state index in [4.69, 9.17) is 18.6 Å². The lowest BCUT2D eigenvalue weighted by Gasteiger charge is -2.54. The lowest BCUT2D eigenvalue weighted by Crippen LogP contribution is -2.55. The van der Waals surface area contributed by atoms with Crippen LogP contribution in [0.4, 0.5) is 0 Å². The van der Waals surface area contributed by atoms with Gasteiger partial charge in [-0.1, -0.05) is 0 Å². The molecule has 0 atom stereocenters. The van der Waals surface area contributed by atoms with Crippen LogP contribution in [0.15, 0.2) is 39.7 Å². The molecule has 7 nitrogen and oxygen atoms in total. The number of furan rings is 1. The number of nitrogens with one attached hydrogen (secondary N) is 1. The Balaban J connectivity index is 1.25. The molecule has 192 valence electrons. The van der Waals surface area contributed by atoms with Gasteiger partial charge in [-0.15, -0.1) is 12.6 Å². The van der Waals surface area contributed by atoms with Crippen LogP contribution in [0.1, 0.15) is 44.8 Å². The second kappa shape index (κ2) is 10.6. The maximum atomic E-state index is 12.9. The van der Waals surface area contributed by atoms with Crippen LogP contribution in [0.25, 0.3) is 17.4 Å². The van der Waals surface area contributed by atoms with Gasteiger partial charge in [-0.25, -0.2) is 4.79 Å². The van der Waals surface area contributed by atoms with Gasteiger partial charge >= 0.3 is 5.97 Å². The molecule has 0 spiro atoms. The number of benzene rings is 1. The highest BCUT2D eigenvalue weighted by molar-refractivity contribution is 7.85. The fourth-order valence-corrected chi connectivity index (χ4v) is 6.65. The third-order valence-corrected chi connectivity index (χ3v) is 8.09. The molecule has 1 aromatic carbocycles. The molecule has 2 aromatic rings. The highest BCUT2D eigenvalue weighted by Gasteiger charge is 2.48. The Labute approximate surface area is 217 Å². The number of thiol groups is 1. The van der Waals surface area contributed by atoms with Gasteiger partial charge in [0.2, 0.25) is 0 Å². The monoisotopic (exact) mass is 511 g/mol. The van der Waals surface area contributed by atoms with Gasteiger partial charge in [0, 0.05) is 11.6 Å². The van der Waals surface area contributed by atoms with Crippen LogP contribution in [0.5, 0.6) is 11.5 Å². The Morgan fingerprint density at radius 1 is 1.06 bits per heavy atom. The number of rotatable bonds is 9. The summed E-state index contributed by atoms with van der Waals surface area (Å²) in [6.07, 6.45) is 8.03. The first kappa shape index (κ1) is 24.8. The van der Waals surface area contributed by atoms with E-state index in [9.17, 15) is 9.59 Å². The second-order valence-corrected chi connectivity index (χ2v) is 10.6. The summed E-state index contributed by atoms with van der Waals surface area (Å²) in [5.41, 5.74) is 0.744. The molecular formula is C28H33NO6S. The molecule has 4 bridgehead atoms. The summed E-state index contributed by atoms with van der Waals surface area (Å²) in [6, 6.07) is 9.20. The van der Waals surface area contributed by atoms with E-state index in [-0.39, 0.29) is 25.2 Å². The van der Waals surface area contributed by atoms with Crippen LogP contribution >= 0.6 is 12.6 Å². The molecule has 4 aliphatic carbocycles. The van der Waals surface area contributed by atoms with Gasteiger partial charge in [-0.05, 0) is 99.1 Å². The Hall–Kier alpha value is -2.87. The van der Waals surface area contributed by atoms with E-state index in [1.165, 1.54) is 39.2 Å². The highest BCUT2D eigenvalue weighted by Crippen LogP contribution is 2.53. The average Bonchev–Trinajstić information content (AvgIpc) is 3.32. The van der Waals surface area contributed by atoms with Crippen molar-refractivity contribution < 1.29 is 28.2 Å². The second-order valence-electron chi connectivity index (χ2n) is 10.1. The minimum absolute atomic E-state index is 0.146. The molecule has 1 heterocycles. The van der Waals surface area contributed by atoms with Crippen molar-refractivity contribution in [3.05, 3.63) is 41.0 Å². The predicted molar refractivity (Wildman–Crippen MR) is 139 cm³/mol. The minimum atomic E-state index is -0.455. The lowest BCUT2D eigenvalue weighted by molar-refractivity contribution is -0.145. The summed E-state index contributed by atoms with van der Waals surface area (Å²) >= 11 is 4.48. The van der Waals surface area contributed by atoms with Crippen LogP contribution in [0.3, 0.4) is 0 Å². The number of carbonyl (C=O) groups is 2. The first-order chi connectivity index (χ1) is 17.4. The van der Waals surface area contributed by atoms with Crippen LogP contribution in [0, 0.1) is 23.7 Å². The molecule has 1 N–H and O–H groups in total. The summed E-state index contributed by atoms with van der Waals surface area (Å²) in [5, 5.41) is 3.28. The smallest absolute Gasteiger partial charge is 0.344 e. The number of esters is 1. The van der Waals surface area contributed by atoms with E-state index >= 15 is 0 Å². The zero-order valence-electron chi connectivity index (χ0n) is 20.7. The topological polar surface area (TPSA) is 87.0 Å². The van der Waals surface area contributed by atoms with Crippen LogP contribution in [-0.2, 0) is 14.3 Å². The van der Waals surface area contributed by atoms with Crippen molar-refractivity contribution in [3.8, 4) is 22.8 Å². The molecule has 6 rings (SSSR count). The molecular weight excluding hydrogens is 478 g/mol. The molecule has 0 radical (unpaired) electrons. The van der Waals surface area contributed by atoms with Crippen LogP contribution in [0.2, 0.25) is 0 Å². The van der Waals surface area contributed by atoms with Gasteiger partial charge in [0.1, 0.15) is 11.5 Å². The molecule has 0 aliphatic heterocycles. The molecule has 4 aliphatic rings. The summed E-state index contributed by atoms with van der Waals surface area (Å²) in [6.45, 7) is 1.81. The van der Waals surface area contributed by atoms with Crippen molar-refractivity contribution in [3.63, 3.8) is 0 Å². The van der Waals surface area contributed by atoms with Crippen LogP contribution in [-0.4, -0.2) is 38.2 Å². The first-order valence-corrected chi connectivity index (χ1v) is 13.2. The fourth-order valence-electron chi connectivity index (χ4n) is 6.45. The molecule has 8 heteroatoms. The van der Waals surface area contributed by atoms with Gasteiger partial charge in [0.15, 0.2) is 18.1 Å². The van der Waals surface area contributed by atoms with Crippen molar-refractivity contribution >= 4 is 30.6 Å². The largest absolute Gasteiger partial charge is 0.493 e. The van der Waals surface area contributed by atoms with Crippen molar-refractivity contribution in [2.75, 3.05) is 20.3 Å². The van der Waals surface area contributed by atoms with Crippen molar-refractivity contribution in [2.45, 2.75) is 45.1 Å². The van der Waals surface area contributed by atoms with Gasteiger partial charge in [-0.2, -0.15) is 0 Å². The fraction of sp³-hybridized carbons (Fsp3) is 0.500. The number of amides is 1. The van der Waals surface area contributed by atoms with Gasteiger partial charge < -0.3 is 23.9 Å². The van der Waals surface area contributed by atoms with Crippen molar-refractivity contribution in [1.29, 1.82) is 0 Å². The zero-order chi connectivity index (χ0) is 25.2. The third-order valence-electron chi connectivity index (χ3n) is 7.76. The van der Waals surface area contributed by atoms with E-state index in [2.05, 4.69) is 17.9 Å². The SMILES string of the molecule is CCOC(=O)COc1cc(-c2ccc(/C=C(\S)C(=O)NC3C4CC5CC(C4)CC3C5)o2)ccc1OC. The Kier molecular flexibility index (Phi) is 7.32. The molecule has 0 saturated heterocycles. The van der Waals surface area contributed by atoms with E-state index in [0.717, 1.165) is 17.4 Å². The molecule has 4 saturated carbocycles. The van der Waals surface area contributed by atoms with E-state index in [0.29, 0.717) is 39.8 Å². The Morgan fingerprint density at radius 3 is 2.44 bits per heavy atom. The molecule has 0 unspecified atom stereocenters. The van der Waals surface area contributed by atoms with Gasteiger partial charge in [-0.3, -0.25) is 4.79 Å². The first-order valence-electron chi connectivity index (χ1n) is 12.7. The lowest BCUT2D eigenvalue weighted by atomic mass is 9.54. The third kappa shape index (κ3) is 5.28. The quantitative estimate of drug-likeness (QED) is 0.276. The maximum absolute atomic E-state index is 12.9. The van der Waals surface area contributed by atoms with Crippen molar-refractivity contribution in [2.24, 2.45) is 23.7 Å². The van der Waals surface area contributed by atoms with E-state index in [1.54, 1.807) is 31.2 Å². The average molecular weight is 512 g/mol. The molecule has 1 aromatic heterocycles. The summed E-state index contributed by atoms with van der Waals surface area (Å²) in [4.78, 5) is 24.9. The predicted octanol–water partition coefficient (Wildman–Crippen LogP) is 5.11.